The normalized spacial score (nSPS) is 11.4. The third-order valence-electron chi connectivity index (χ3n) is 3.39. The van der Waals surface area contributed by atoms with Crippen molar-refractivity contribution in [1.29, 1.82) is 0 Å². The molecule has 0 saturated carbocycles. The molecule has 1 N–H and O–H groups in total. The molecule has 0 radical (unpaired) electrons. The average Bonchev–Trinajstić information content (AvgIpc) is 2.38. The van der Waals surface area contributed by atoms with Crippen LogP contribution in [0.2, 0.25) is 0 Å². The molecule has 0 saturated heterocycles. The second-order valence-electron chi connectivity index (χ2n) is 5.04. The molecular weight excluding hydrogens is 248 g/mol. The number of rotatable bonds is 3. The standard InChI is InChI=1S/C18H18O2/c1-12-8-9-16(14(3)10-12)17(18(19)20)11-15-7-5-4-6-13(15)2/h4-11H,1-3H3,(H,19,20)/b17-11-. The highest BCUT2D eigenvalue weighted by Crippen LogP contribution is 2.24. The van der Waals surface area contributed by atoms with Gasteiger partial charge < -0.3 is 5.11 Å². The maximum Gasteiger partial charge on any atom is 0.336 e. The highest BCUT2D eigenvalue weighted by molar-refractivity contribution is 6.21. The van der Waals surface area contributed by atoms with Gasteiger partial charge in [-0.2, -0.15) is 0 Å². The van der Waals surface area contributed by atoms with Crippen LogP contribution in [-0.4, -0.2) is 11.1 Å². The highest BCUT2D eigenvalue weighted by Gasteiger charge is 2.13. The average molecular weight is 266 g/mol. The molecule has 0 aliphatic rings. The van der Waals surface area contributed by atoms with Crippen LogP contribution in [0.4, 0.5) is 0 Å². The largest absolute Gasteiger partial charge is 0.478 e. The van der Waals surface area contributed by atoms with Crippen LogP contribution < -0.4 is 0 Å². The molecule has 20 heavy (non-hydrogen) atoms. The Hall–Kier alpha value is -2.35. The summed E-state index contributed by atoms with van der Waals surface area (Å²) in [4.78, 5) is 11.6. The van der Waals surface area contributed by atoms with Gasteiger partial charge in [-0.05, 0) is 49.1 Å². The Balaban J connectivity index is 2.58. The van der Waals surface area contributed by atoms with Crippen LogP contribution in [0.5, 0.6) is 0 Å². The number of hydrogen-bond acceptors (Lipinski definition) is 1. The van der Waals surface area contributed by atoms with E-state index in [1.165, 1.54) is 0 Å². The molecule has 0 fully saturated rings. The van der Waals surface area contributed by atoms with E-state index in [0.717, 1.165) is 27.8 Å². The summed E-state index contributed by atoms with van der Waals surface area (Å²) in [6.45, 7) is 5.92. The van der Waals surface area contributed by atoms with Crippen molar-refractivity contribution < 1.29 is 9.90 Å². The first-order valence-electron chi connectivity index (χ1n) is 6.57. The summed E-state index contributed by atoms with van der Waals surface area (Å²) in [5, 5.41) is 9.50. The lowest BCUT2D eigenvalue weighted by Crippen LogP contribution is -2.02. The van der Waals surface area contributed by atoms with Gasteiger partial charge in [0.2, 0.25) is 0 Å². The molecular formula is C18H18O2. The van der Waals surface area contributed by atoms with Gasteiger partial charge in [0.25, 0.3) is 0 Å². The number of aryl methyl sites for hydroxylation is 3. The van der Waals surface area contributed by atoms with E-state index in [1.54, 1.807) is 6.08 Å². The van der Waals surface area contributed by atoms with Gasteiger partial charge in [0.1, 0.15) is 0 Å². The Bertz CT molecular complexity index is 682. The summed E-state index contributed by atoms with van der Waals surface area (Å²) in [5.41, 5.74) is 5.21. The quantitative estimate of drug-likeness (QED) is 0.666. The van der Waals surface area contributed by atoms with Gasteiger partial charge in [0.15, 0.2) is 0 Å². The number of carboxylic acid groups (broad SMARTS) is 1. The van der Waals surface area contributed by atoms with Crippen LogP contribution in [-0.2, 0) is 4.79 Å². The van der Waals surface area contributed by atoms with Crippen molar-refractivity contribution in [2.45, 2.75) is 20.8 Å². The minimum Gasteiger partial charge on any atom is -0.478 e. The first kappa shape index (κ1) is 14.1. The molecule has 0 heterocycles. The molecule has 2 rings (SSSR count). The van der Waals surface area contributed by atoms with E-state index in [1.807, 2.05) is 63.2 Å². The topological polar surface area (TPSA) is 37.3 Å². The zero-order valence-electron chi connectivity index (χ0n) is 12.0. The van der Waals surface area contributed by atoms with E-state index in [2.05, 4.69) is 0 Å². The Kier molecular flexibility index (Phi) is 4.04. The van der Waals surface area contributed by atoms with E-state index < -0.39 is 5.97 Å². The second kappa shape index (κ2) is 5.74. The van der Waals surface area contributed by atoms with Crippen molar-refractivity contribution in [3.05, 3.63) is 70.3 Å². The molecule has 102 valence electrons. The lowest BCUT2D eigenvalue weighted by molar-refractivity contribution is -0.130. The minimum atomic E-state index is -0.903. The van der Waals surface area contributed by atoms with Crippen LogP contribution in [0.3, 0.4) is 0 Å². The summed E-state index contributed by atoms with van der Waals surface area (Å²) in [5.74, 6) is -0.903. The van der Waals surface area contributed by atoms with Crippen LogP contribution >= 0.6 is 0 Å². The molecule has 2 aromatic rings. The van der Waals surface area contributed by atoms with Gasteiger partial charge >= 0.3 is 5.97 Å². The fourth-order valence-corrected chi connectivity index (χ4v) is 2.27. The first-order chi connectivity index (χ1) is 9.49. The number of carbonyl (C=O) groups is 1. The molecule has 2 heteroatoms. The van der Waals surface area contributed by atoms with Gasteiger partial charge in [-0.15, -0.1) is 0 Å². The molecule has 0 bridgehead atoms. The predicted molar refractivity (Wildman–Crippen MR) is 82.6 cm³/mol. The third kappa shape index (κ3) is 2.97. The molecule has 2 aromatic carbocycles. The number of carboxylic acids is 1. The highest BCUT2D eigenvalue weighted by atomic mass is 16.4. The zero-order chi connectivity index (χ0) is 14.7. The van der Waals surface area contributed by atoms with Gasteiger partial charge in [0, 0.05) is 0 Å². The zero-order valence-corrected chi connectivity index (χ0v) is 12.0. The lowest BCUT2D eigenvalue weighted by atomic mass is 9.96. The van der Waals surface area contributed by atoms with Gasteiger partial charge in [0.05, 0.1) is 5.57 Å². The predicted octanol–water partition coefficient (Wildman–Crippen LogP) is 4.24. The van der Waals surface area contributed by atoms with Gasteiger partial charge in [-0.25, -0.2) is 4.79 Å². The molecule has 0 spiro atoms. The van der Waals surface area contributed by atoms with E-state index in [0.29, 0.717) is 5.57 Å². The van der Waals surface area contributed by atoms with E-state index in [-0.39, 0.29) is 0 Å². The lowest BCUT2D eigenvalue weighted by Gasteiger charge is -2.09. The molecule has 0 atom stereocenters. The summed E-state index contributed by atoms with van der Waals surface area (Å²) >= 11 is 0. The van der Waals surface area contributed by atoms with Crippen molar-refractivity contribution in [1.82, 2.24) is 0 Å². The molecule has 0 aromatic heterocycles. The Morgan fingerprint density at radius 2 is 1.70 bits per heavy atom. The van der Waals surface area contributed by atoms with Gasteiger partial charge in [-0.3, -0.25) is 0 Å². The Morgan fingerprint density at radius 3 is 2.30 bits per heavy atom. The maximum atomic E-state index is 11.6. The van der Waals surface area contributed by atoms with Crippen molar-refractivity contribution in [3.8, 4) is 0 Å². The van der Waals surface area contributed by atoms with E-state index in [4.69, 9.17) is 0 Å². The second-order valence-corrected chi connectivity index (χ2v) is 5.04. The minimum absolute atomic E-state index is 0.330. The van der Waals surface area contributed by atoms with Crippen LogP contribution in [0, 0.1) is 20.8 Å². The van der Waals surface area contributed by atoms with Crippen molar-refractivity contribution in [2.24, 2.45) is 0 Å². The summed E-state index contributed by atoms with van der Waals surface area (Å²) in [6.07, 6.45) is 1.75. The number of hydrogen-bond donors (Lipinski definition) is 1. The third-order valence-corrected chi connectivity index (χ3v) is 3.39. The molecule has 0 aliphatic heterocycles. The molecule has 0 aliphatic carbocycles. The van der Waals surface area contributed by atoms with Crippen LogP contribution in [0.15, 0.2) is 42.5 Å². The van der Waals surface area contributed by atoms with Crippen molar-refractivity contribution in [2.75, 3.05) is 0 Å². The van der Waals surface area contributed by atoms with Crippen LogP contribution in [0.1, 0.15) is 27.8 Å². The van der Waals surface area contributed by atoms with Crippen molar-refractivity contribution >= 4 is 17.6 Å². The van der Waals surface area contributed by atoms with E-state index in [9.17, 15) is 9.90 Å². The van der Waals surface area contributed by atoms with Crippen molar-refractivity contribution in [3.63, 3.8) is 0 Å². The molecule has 2 nitrogen and oxygen atoms in total. The SMILES string of the molecule is Cc1ccc(/C(=C/c2ccccc2C)C(=O)O)c(C)c1. The van der Waals surface area contributed by atoms with Crippen LogP contribution in [0.25, 0.3) is 11.6 Å². The fraction of sp³-hybridized carbons (Fsp3) is 0.167. The molecule has 0 unspecified atom stereocenters. The van der Waals surface area contributed by atoms with Gasteiger partial charge in [-0.1, -0.05) is 48.0 Å². The first-order valence-corrected chi connectivity index (χ1v) is 6.57. The summed E-state index contributed by atoms with van der Waals surface area (Å²) in [6, 6.07) is 13.6. The number of aliphatic carboxylic acids is 1. The monoisotopic (exact) mass is 266 g/mol. The fourth-order valence-electron chi connectivity index (χ4n) is 2.27. The Labute approximate surface area is 119 Å². The molecule has 0 amide bonds. The summed E-state index contributed by atoms with van der Waals surface area (Å²) in [7, 11) is 0. The maximum absolute atomic E-state index is 11.6. The van der Waals surface area contributed by atoms with E-state index >= 15 is 0 Å². The Morgan fingerprint density at radius 1 is 1.00 bits per heavy atom. The summed E-state index contributed by atoms with van der Waals surface area (Å²) < 4.78 is 0. The number of benzene rings is 2. The smallest absolute Gasteiger partial charge is 0.336 e.